The first kappa shape index (κ1) is 21.2. The number of ether oxygens (including phenoxy) is 1. The van der Waals surface area contributed by atoms with Gasteiger partial charge in [-0.2, -0.15) is 10.5 Å². The molecule has 2 heterocycles. The van der Waals surface area contributed by atoms with Crippen molar-refractivity contribution in [2.75, 3.05) is 6.61 Å². The van der Waals surface area contributed by atoms with E-state index < -0.39 is 5.97 Å². The Labute approximate surface area is 187 Å². The SMILES string of the molecule is N#Cc1ccc(OCCn2cnc3cnc(C#N)cc3c2=O)c(-c2cccc(C(=O)O)c2)c1. The summed E-state index contributed by atoms with van der Waals surface area (Å²) in [5.41, 5.74) is 1.85. The van der Waals surface area contributed by atoms with Crippen molar-refractivity contribution in [1.82, 2.24) is 14.5 Å². The standard InChI is InChI=1S/C24H15N5O4/c25-11-15-4-5-22(19(8-15)16-2-1-3-17(9-16)24(31)32)33-7-6-29-14-28-21-13-27-18(12-26)10-20(21)23(29)30/h1-5,8-10,13-14H,6-7H2,(H,31,32). The molecule has 0 saturated heterocycles. The van der Waals surface area contributed by atoms with Gasteiger partial charge in [-0.25, -0.2) is 14.8 Å². The summed E-state index contributed by atoms with van der Waals surface area (Å²) in [7, 11) is 0. The van der Waals surface area contributed by atoms with Crippen LogP contribution in [0.3, 0.4) is 0 Å². The van der Waals surface area contributed by atoms with E-state index in [9.17, 15) is 20.0 Å². The second-order valence-electron chi connectivity index (χ2n) is 7.00. The number of aromatic nitrogens is 3. The van der Waals surface area contributed by atoms with Crippen molar-refractivity contribution in [2.45, 2.75) is 6.54 Å². The number of aromatic carboxylic acids is 1. The lowest BCUT2D eigenvalue weighted by molar-refractivity contribution is 0.0697. The van der Waals surface area contributed by atoms with Crippen LogP contribution in [0.1, 0.15) is 21.6 Å². The fourth-order valence-electron chi connectivity index (χ4n) is 3.31. The average Bonchev–Trinajstić information content (AvgIpc) is 2.85. The van der Waals surface area contributed by atoms with Gasteiger partial charge in [0.2, 0.25) is 0 Å². The van der Waals surface area contributed by atoms with Crippen LogP contribution in [0.5, 0.6) is 5.75 Å². The number of carboxylic acid groups (broad SMARTS) is 1. The van der Waals surface area contributed by atoms with Crippen molar-refractivity contribution in [2.24, 2.45) is 0 Å². The molecule has 0 aliphatic rings. The number of nitriles is 2. The first-order chi connectivity index (χ1) is 16.0. The molecule has 0 saturated carbocycles. The summed E-state index contributed by atoms with van der Waals surface area (Å²) < 4.78 is 7.27. The highest BCUT2D eigenvalue weighted by Gasteiger charge is 2.12. The molecule has 0 amide bonds. The van der Waals surface area contributed by atoms with E-state index in [-0.39, 0.29) is 35.4 Å². The zero-order valence-corrected chi connectivity index (χ0v) is 17.1. The summed E-state index contributed by atoms with van der Waals surface area (Å²) in [5, 5.41) is 27.9. The van der Waals surface area contributed by atoms with Gasteiger partial charge in [0.25, 0.3) is 5.56 Å². The summed E-state index contributed by atoms with van der Waals surface area (Å²) in [5.74, 6) is -0.622. The molecule has 33 heavy (non-hydrogen) atoms. The molecule has 0 unspecified atom stereocenters. The van der Waals surface area contributed by atoms with Crippen molar-refractivity contribution in [3.8, 4) is 29.0 Å². The molecule has 9 nitrogen and oxygen atoms in total. The van der Waals surface area contributed by atoms with Gasteiger partial charge in [0.05, 0.1) is 47.2 Å². The minimum atomic E-state index is -1.06. The molecule has 160 valence electrons. The number of fused-ring (bicyclic) bond motifs is 1. The van der Waals surface area contributed by atoms with Crippen LogP contribution < -0.4 is 10.3 Å². The molecule has 0 fully saturated rings. The van der Waals surface area contributed by atoms with Crippen LogP contribution in [0.25, 0.3) is 22.0 Å². The maximum Gasteiger partial charge on any atom is 0.335 e. The number of rotatable bonds is 6. The van der Waals surface area contributed by atoms with Crippen LogP contribution in [0.15, 0.2) is 65.8 Å². The van der Waals surface area contributed by atoms with Gasteiger partial charge in [-0.05, 0) is 42.0 Å². The highest BCUT2D eigenvalue weighted by molar-refractivity contribution is 5.90. The van der Waals surface area contributed by atoms with E-state index in [1.807, 2.05) is 6.07 Å². The minimum absolute atomic E-state index is 0.112. The van der Waals surface area contributed by atoms with Crippen LogP contribution >= 0.6 is 0 Å². The van der Waals surface area contributed by atoms with E-state index in [2.05, 4.69) is 16.0 Å². The van der Waals surface area contributed by atoms with Gasteiger partial charge < -0.3 is 9.84 Å². The number of hydrogen-bond acceptors (Lipinski definition) is 7. The van der Waals surface area contributed by atoms with E-state index in [0.717, 1.165) is 0 Å². The highest BCUT2D eigenvalue weighted by Crippen LogP contribution is 2.31. The smallest absolute Gasteiger partial charge is 0.335 e. The molecule has 0 aliphatic carbocycles. The highest BCUT2D eigenvalue weighted by atomic mass is 16.5. The first-order valence-corrected chi connectivity index (χ1v) is 9.76. The third kappa shape index (κ3) is 4.38. The zero-order valence-electron chi connectivity index (χ0n) is 17.1. The first-order valence-electron chi connectivity index (χ1n) is 9.76. The molecule has 9 heteroatoms. The molecule has 4 rings (SSSR count). The molecule has 0 radical (unpaired) electrons. The molecule has 2 aromatic carbocycles. The molecule has 4 aromatic rings. The second kappa shape index (κ2) is 9.00. The third-order valence-electron chi connectivity index (χ3n) is 4.94. The largest absolute Gasteiger partial charge is 0.491 e. The number of carbonyl (C=O) groups is 1. The fraction of sp³-hybridized carbons (Fsp3) is 0.0833. The van der Waals surface area contributed by atoms with Gasteiger partial charge in [0.15, 0.2) is 0 Å². The van der Waals surface area contributed by atoms with Crippen molar-refractivity contribution in [3.05, 3.63) is 88.2 Å². The normalized spacial score (nSPS) is 10.4. The number of hydrogen-bond donors (Lipinski definition) is 1. The number of carboxylic acids is 1. The van der Waals surface area contributed by atoms with Crippen molar-refractivity contribution >= 4 is 16.9 Å². The van der Waals surface area contributed by atoms with Crippen molar-refractivity contribution in [1.29, 1.82) is 10.5 Å². The Morgan fingerprint density at radius 1 is 1.09 bits per heavy atom. The predicted octanol–water partition coefficient (Wildman–Crippen LogP) is 2.98. The van der Waals surface area contributed by atoms with Crippen LogP contribution in [-0.4, -0.2) is 32.2 Å². The number of pyridine rings is 1. The van der Waals surface area contributed by atoms with Crippen LogP contribution in [0.2, 0.25) is 0 Å². The van der Waals surface area contributed by atoms with E-state index in [4.69, 9.17) is 10.00 Å². The Kier molecular flexibility index (Phi) is 5.79. The molecular weight excluding hydrogens is 422 g/mol. The number of benzene rings is 2. The minimum Gasteiger partial charge on any atom is -0.491 e. The Balaban J connectivity index is 1.61. The van der Waals surface area contributed by atoms with Crippen molar-refractivity contribution in [3.63, 3.8) is 0 Å². The molecule has 1 N–H and O–H groups in total. The topological polar surface area (TPSA) is 142 Å². The molecule has 0 bridgehead atoms. The predicted molar refractivity (Wildman–Crippen MR) is 118 cm³/mol. The fourth-order valence-corrected chi connectivity index (χ4v) is 3.31. The lowest BCUT2D eigenvalue weighted by Crippen LogP contribution is -2.23. The van der Waals surface area contributed by atoms with Gasteiger partial charge in [-0.1, -0.05) is 12.1 Å². The molecule has 0 spiro atoms. The summed E-state index contributed by atoms with van der Waals surface area (Å²) in [6.07, 6.45) is 2.77. The Morgan fingerprint density at radius 2 is 1.94 bits per heavy atom. The maximum absolute atomic E-state index is 12.8. The van der Waals surface area contributed by atoms with E-state index >= 15 is 0 Å². The Morgan fingerprint density at radius 3 is 2.70 bits per heavy atom. The average molecular weight is 437 g/mol. The Bertz CT molecular complexity index is 1530. The monoisotopic (exact) mass is 437 g/mol. The van der Waals surface area contributed by atoms with E-state index in [1.54, 1.807) is 30.3 Å². The lowest BCUT2D eigenvalue weighted by Gasteiger charge is -2.13. The maximum atomic E-state index is 12.8. The summed E-state index contributed by atoms with van der Waals surface area (Å²) in [6.45, 7) is 0.293. The third-order valence-corrected chi connectivity index (χ3v) is 4.94. The summed E-state index contributed by atoms with van der Waals surface area (Å²) in [4.78, 5) is 32.2. The van der Waals surface area contributed by atoms with E-state index in [1.165, 1.54) is 35.3 Å². The summed E-state index contributed by atoms with van der Waals surface area (Å²) in [6, 6.07) is 16.5. The Hall–Kier alpha value is -5.02. The van der Waals surface area contributed by atoms with Gasteiger partial charge in [-0.3, -0.25) is 9.36 Å². The van der Waals surface area contributed by atoms with Gasteiger partial charge in [0.1, 0.15) is 24.1 Å². The lowest BCUT2D eigenvalue weighted by atomic mass is 10.00. The molecule has 0 atom stereocenters. The van der Waals surface area contributed by atoms with Crippen molar-refractivity contribution < 1.29 is 14.6 Å². The zero-order chi connectivity index (χ0) is 23.4. The van der Waals surface area contributed by atoms with Crippen LogP contribution in [0, 0.1) is 22.7 Å². The molecule has 0 aliphatic heterocycles. The van der Waals surface area contributed by atoms with Gasteiger partial charge in [0, 0.05) is 5.56 Å². The molecule has 2 aromatic heterocycles. The van der Waals surface area contributed by atoms with Crippen LogP contribution in [-0.2, 0) is 6.54 Å². The number of nitrogens with zero attached hydrogens (tertiary/aromatic N) is 5. The molecular formula is C24H15N5O4. The van der Waals surface area contributed by atoms with Crippen LogP contribution in [0.4, 0.5) is 0 Å². The van der Waals surface area contributed by atoms with Gasteiger partial charge >= 0.3 is 5.97 Å². The summed E-state index contributed by atoms with van der Waals surface area (Å²) >= 11 is 0. The van der Waals surface area contributed by atoms with E-state index in [0.29, 0.717) is 28.0 Å². The quantitative estimate of drug-likeness (QED) is 0.485. The van der Waals surface area contributed by atoms with Gasteiger partial charge in [-0.15, -0.1) is 0 Å². The second-order valence-corrected chi connectivity index (χ2v) is 7.00.